The van der Waals surface area contributed by atoms with Crippen molar-refractivity contribution in [1.29, 1.82) is 0 Å². The van der Waals surface area contributed by atoms with Gasteiger partial charge in [0.15, 0.2) is 0 Å². The molecule has 0 aliphatic carbocycles. The molecule has 2 fully saturated rings. The standard InChI is InChI=1S/C14H17NO2/c1-10(11-5-3-2-4-6-11)13-8-7-12-9-15(13)14(16)17-12/h2-6,10,12-13H,7-9H2,1H3. The van der Waals surface area contributed by atoms with Crippen molar-refractivity contribution in [1.82, 2.24) is 4.90 Å². The van der Waals surface area contributed by atoms with Crippen molar-refractivity contribution in [3.8, 4) is 0 Å². The number of fused-ring (bicyclic) bond motifs is 2. The van der Waals surface area contributed by atoms with E-state index in [0.29, 0.717) is 12.0 Å². The number of hydrogen-bond acceptors (Lipinski definition) is 2. The third kappa shape index (κ3) is 1.79. The highest BCUT2D eigenvalue weighted by Gasteiger charge is 2.42. The quantitative estimate of drug-likeness (QED) is 0.783. The van der Waals surface area contributed by atoms with E-state index in [1.54, 1.807) is 0 Å². The first kappa shape index (κ1) is 10.6. The van der Waals surface area contributed by atoms with Crippen LogP contribution >= 0.6 is 0 Å². The number of carbonyl (C=O) groups excluding carboxylic acids is 1. The van der Waals surface area contributed by atoms with Gasteiger partial charge >= 0.3 is 6.09 Å². The Balaban J connectivity index is 1.82. The van der Waals surface area contributed by atoms with E-state index < -0.39 is 0 Å². The van der Waals surface area contributed by atoms with E-state index in [9.17, 15) is 4.79 Å². The molecule has 1 aromatic rings. The Kier molecular flexibility index (Phi) is 2.54. The lowest BCUT2D eigenvalue weighted by Crippen LogP contribution is -2.42. The zero-order valence-corrected chi connectivity index (χ0v) is 10.0. The fourth-order valence-electron chi connectivity index (χ4n) is 2.97. The summed E-state index contributed by atoms with van der Waals surface area (Å²) < 4.78 is 5.29. The second-order valence-corrected chi connectivity index (χ2v) is 5.00. The molecule has 3 rings (SSSR count). The lowest BCUT2D eigenvalue weighted by Gasteiger charge is -2.34. The van der Waals surface area contributed by atoms with E-state index in [0.717, 1.165) is 19.4 Å². The van der Waals surface area contributed by atoms with E-state index in [1.807, 2.05) is 11.0 Å². The predicted octanol–water partition coefficient (Wildman–Crippen LogP) is 2.77. The number of ether oxygens (including phenoxy) is 1. The maximum atomic E-state index is 11.7. The Labute approximate surface area is 101 Å². The molecule has 0 radical (unpaired) electrons. The molecule has 0 N–H and O–H groups in total. The lowest BCUT2D eigenvalue weighted by atomic mass is 9.87. The number of amides is 1. The summed E-state index contributed by atoms with van der Waals surface area (Å²) in [4.78, 5) is 13.6. The summed E-state index contributed by atoms with van der Waals surface area (Å²) in [5.74, 6) is 0.378. The van der Waals surface area contributed by atoms with Crippen LogP contribution in [0, 0.1) is 0 Å². The number of carbonyl (C=O) groups is 1. The Morgan fingerprint density at radius 3 is 2.82 bits per heavy atom. The highest BCUT2D eigenvalue weighted by atomic mass is 16.6. The van der Waals surface area contributed by atoms with Gasteiger partial charge in [0.05, 0.1) is 6.54 Å². The smallest absolute Gasteiger partial charge is 0.410 e. The van der Waals surface area contributed by atoms with Crippen LogP contribution in [0.3, 0.4) is 0 Å². The van der Waals surface area contributed by atoms with Gasteiger partial charge in [-0.15, -0.1) is 0 Å². The van der Waals surface area contributed by atoms with Gasteiger partial charge in [-0.3, -0.25) is 0 Å². The highest BCUT2D eigenvalue weighted by molar-refractivity contribution is 5.71. The van der Waals surface area contributed by atoms with Gasteiger partial charge in [-0.1, -0.05) is 37.3 Å². The molecular weight excluding hydrogens is 214 g/mol. The van der Waals surface area contributed by atoms with E-state index in [-0.39, 0.29) is 12.2 Å². The number of rotatable bonds is 2. The Bertz CT molecular complexity index is 417. The van der Waals surface area contributed by atoms with Crippen LogP contribution in [0.1, 0.15) is 31.2 Å². The summed E-state index contributed by atoms with van der Waals surface area (Å²) >= 11 is 0. The highest BCUT2D eigenvalue weighted by Crippen LogP contribution is 2.34. The van der Waals surface area contributed by atoms with Crippen molar-refractivity contribution >= 4 is 6.09 Å². The summed E-state index contributed by atoms with van der Waals surface area (Å²) in [7, 11) is 0. The van der Waals surface area contributed by atoms with Crippen LogP contribution in [0.5, 0.6) is 0 Å². The molecule has 0 saturated carbocycles. The summed E-state index contributed by atoms with van der Waals surface area (Å²) in [5.41, 5.74) is 1.30. The van der Waals surface area contributed by atoms with E-state index in [2.05, 4.69) is 31.2 Å². The maximum absolute atomic E-state index is 11.7. The Morgan fingerprint density at radius 2 is 2.06 bits per heavy atom. The van der Waals surface area contributed by atoms with Crippen molar-refractivity contribution in [2.75, 3.05) is 6.54 Å². The minimum atomic E-state index is -0.125. The first-order chi connectivity index (χ1) is 8.25. The molecule has 2 aliphatic rings. The van der Waals surface area contributed by atoms with Crippen molar-refractivity contribution in [2.45, 2.75) is 37.8 Å². The fraction of sp³-hybridized carbons (Fsp3) is 0.500. The molecule has 3 unspecified atom stereocenters. The molecule has 0 spiro atoms. The molecule has 2 bridgehead atoms. The first-order valence-corrected chi connectivity index (χ1v) is 6.28. The summed E-state index contributed by atoms with van der Waals surface area (Å²) in [6.45, 7) is 2.98. The Morgan fingerprint density at radius 1 is 1.29 bits per heavy atom. The summed E-state index contributed by atoms with van der Waals surface area (Å²) in [6.07, 6.45) is 2.07. The third-order valence-electron chi connectivity index (χ3n) is 3.99. The van der Waals surface area contributed by atoms with Gasteiger partial charge in [-0.2, -0.15) is 0 Å². The molecule has 2 aliphatic heterocycles. The van der Waals surface area contributed by atoms with E-state index in [4.69, 9.17) is 4.74 Å². The minimum absolute atomic E-state index is 0.125. The van der Waals surface area contributed by atoms with Crippen LogP contribution in [0.2, 0.25) is 0 Å². The molecule has 1 amide bonds. The van der Waals surface area contributed by atoms with Crippen molar-refractivity contribution in [2.24, 2.45) is 0 Å². The first-order valence-electron chi connectivity index (χ1n) is 6.28. The van der Waals surface area contributed by atoms with E-state index >= 15 is 0 Å². The van der Waals surface area contributed by atoms with Gasteiger partial charge < -0.3 is 9.64 Å². The van der Waals surface area contributed by atoms with Crippen LogP contribution in [0.15, 0.2) is 30.3 Å². The van der Waals surface area contributed by atoms with Crippen molar-refractivity contribution in [3.63, 3.8) is 0 Å². The molecule has 3 atom stereocenters. The number of piperidine rings is 1. The van der Waals surface area contributed by atoms with Crippen LogP contribution < -0.4 is 0 Å². The molecule has 0 aromatic heterocycles. The van der Waals surface area contributed by atoms with Crippen LogP contribution in [-0.4, -0.2) is 29.7 Å². The Hall–Kier alpha value is -1.51. The van der Waals surface area contributed by atoms with Crippen LogP contribution in [-0.2, 0) is 4.74 Å². The summed E-state index contributed by atoms with van der Waals surface area (Å²) in [6, 6.07) is 10.7. The molecule has 3 heteroatoms. The fourth-order valence-corrected chi connectivity index (χ4v) is 2.97. The number of hydrogen-bond donors (Lipinski definition) is 0. The summed E-state index contributed by atoms with van der Waals surface area (Å²) in [5, 5.41) is 0. The minimum Gasteiger partial charge on any atom is -0.444 e. The SMILES string of the molecule is CC(c1ccccc1)C1CCC2CN1C(=O)O2. The lowest BCUT2D eigenvalue weighted by molar-refractivity contribution is 0.136. The molecule has 2 heterocycles. The predicted molar refractivity (Wildman–Crippen MR) is 64.9 cm³/mol. The molecular formula is C14H17NO2. The van der Waals surface area contributed by atoms with Gasteiger partial charge in [0.25, 0.3) is 0 Å². The second-order valence-electron chi connectivity index (χ2n) is 5.00. The topological polar surface area (TPSA) is 29.5 Å². The van der Waals surface area contributed by atoms with Crippen molar-refractivity contribution in [3.05, 3.63) is 35.9 Å². The number of benzene rings is 1. The molecule has 90 valence electrons. The van der Waals surface area contributed by atoms with Gasteiger partial charge in [0.2, 0.25) is 0 Å². The molecule has 17 heavy (non-hydrogen) atoms. The molecule has 3 nitrogen and oxygen atoms in total. The third-order valence-corrected chi connectivity index (χ3v) is 3.99. The molecule has 2 saturated heterocycles. The maximum Gasteiger partial charge on any atom is 0.410 e. The normalized spacial score (nSPS) is 29.0. The largest absolute Gasteiger partial charge is 0.444 e. The monoisotopic (exact) mass is 231 g/mol. The van der Waals surface area contributed by atoms with Crippen LogP contribution in [0.25, 0.3) is 0 Å². The average Bonchev–Trinajstić information content (AvgIpc) is 2.66. The number of nitrogens with zero attached hydrogens (tertiary/aromatic N) is 1. The molecule has 1 aromatic carbocycles. The van der Waals surface area contributed by atoms with Crippen LogP contribution in [0.4, 0.5) is 4.79 Å². The van der Waals surface area contributed by atoms with Gasteiger partial charge in [-0.25, -0.2) is 4.79 Å². The van der Waals surface area contributed by atoms with Gasteiger partial charge in [-0.05, 0) is 18.4 Å². The van der Waals surface area contributed by atoms with Gasteiger partial charge in [0.1, 0.15) is 6.10 Å². The van der Waals surface area contributed by atoms with Crippen molar-refractivity contribution < 1.29 is 9.53 Å². The van der Waals surface area contributed by atoms with E-state index in [1.165, 1.54) is 5.56 Å². The average molecular weight is 231 g/mol. The zero-order valence-electron chi connectivity index (χ0n) is 10.0. The zero-order chi connectivity index (χ0) is 11.8. The van der Waals surface area contributed by atoms with Gasteiger partial charge in [0, 0.05) is 12.0 Å². The second kappa shape index (κ2) is 4.06.